The molecule has 3 aliphatic carbocycles. The van der Waals surface area contributed by atoms with Crippen LogP contribution in [0.5, 0.6) is 0 Å². The summed E-state index contributed by atoms with van der Waals surface area (Å²) in [4.78, 5) is 3.83. The van der Waals surface area contributed by atoms with Crippen LogP contribution in [-0.2, 0) is 4.74 Å². The van der Waals surface area contributed by atoms with Gasteiger partial charge < -0.3 is 19.6 Å². The van der Waals surface area contributed by atoms with E-state index < -0.39 is 0 Å². The number of hydrogen-bond acceptors (Lipinski definition) is 3. The van der Waals surface area contributed by atoms with E-state index in [0.717, 1.165) is 43.7 Å². The highest BCUT2D eigenvalue weighted by Gasteiger charge is 2.50. The Morgan fingerprint density at radius 1 is 1.32 bits per heavy atom. The summed E-state index contributed by atoms with van der Waals surface area (Å²) >= 11 is 6.11. The number of rotatable bonds is 7. The minimum Gasteiger partial charge on any atom is -0.385 e. The third-order valence-electron chi connectivity index (χ3n) is 7.33. The molecular weight excluding hydrogens is 372 g/mol. The van der Waals surface area contributed by atoms with Crippen LogP contribution in [0, 0.1) is 17.3 Å². The Morgan fingerprint density at radius 3 is 2.79 bits per heavy atom. The predicted octanol–water partition coefficient (Wildman–Crippen LogP) is 2.41. The topological polar surface area (TPSA) is 37.1 Å². The van der Waals surface area contributed by atoms with Crippen molar-refractivity contribution < 1.29 is 14.7 Å². The quantitative estimate of drug-likeness (QED) is 0.684. The van der Waals surface area contributed by atoms with E-state index in [1.165, 1.54) is 29.0 Å². The number of piperazine rings is 1. The summed E-state index contributed by atoms with van der Waals surface area (Å²) in [5.41, 5.74) is 3.10. The molecule has 1 heterocycles. The normalized spacial score (nSPS) is 27.9. The zero-order valence-corrected chi connectivity index (χ0v) is 17.9. The van der Waals surface area contributed by atoms with Gasteiger partial charge >= 0.3 is 0 Å². The summed E-state index contributed by atoms with van der Waals surface area (Å²) in [5, 5.41) is 11.2. The van der Waals surface area contributed by atoms with Crippen LogP contribution in [-0.4, -0.2) is 57.1 Å². The monoisotopic (exact) mass is 405 g/mol. The van der Waals surface area contributed by atoms with E-state index in [1.54, 1.807) is 0 Å². The number of quaternary nitrogens is 1. The van der Waals surface area contributed by atoms with E-state index >= 15 is 0 Å². The largest absolute Gasteiger partial charge is 0.385 e. The van der Waals surface area contributed by atoms with Crippen LogP contribution >= 0.6 is 11.6 Å². The molecule has 5 heteroatoms. The fourth-order valence-corrected chi connectivity index (χ4v) is 5.49. The Bertz CT molecular complexity index is 712. The molecule has 4 nitrogen and oxygen atoms in total. The molecule has 1 saturated carbocycles. The van der Waals surface area contributed by atoms with Crippen LogP contribution in [0.4, 0.5) is 5.69 Å². The van der Waals surface area contributed by atoms with Gasteiger partial charge in [-0.1, -0.05) is 37.6 Å². The predicted molar refractivity (Wildman–Crippen MR) is 114 cm³/mol. The van der Waals surface area contributed by atoms with E-state index in [9.17, 15) is 5.11 Å². The number of nitrogens with one attached hydrogen (secondary N) is 1. The first-order chi connectivity index (χ1) is 13.4. The number of aliphatic hydroxyl groups is 1. The lowest BCUT2D eigenvalue weighted by Gasteiger charge is -2.56. The van der Waals surface area contributed by atoms with Gasteiger partial charge in [0.05, 0.1) is 39.4 Å². The molecule has 0 aromatic heterocycles. The molecule has 1 aromatic rings. The third-order valence-corrected chi connectivity index (χ3v) is 7.56. The highest BCUT2D eigenvalue weighted by atomic mass is 35.5. The number of nitrogens with zero attached hydrogens (tertiary/aromatic N) is 1. The average Bonchev–Trinajstić information content (AvgIpc) is 2.68. The number of aliphatic hydroxyl groups excluding tert-OH is 1. The van der Waals surface area contributed by atoms with Crippen LogP contribution in [0.25, 0.3) is 0 Å². The summed E-state index contributed by atoms with van der Waals surface area (Å²) in [7, 11) is 0. The lowest BCUT2D eigenvalue weighted by atomic mass is 9.49. The summed E-state index contributed by atoms with van der Waals surface area (Å²) in [5.74, 6) is 1.55. The molecular formula is C23H34ClN2O2+. The first-order valence-corrected chi connectivity index (χ1v) is 11.1. The standard InChI is InChI=1S/C23H33ClN2O2/c1-23(2)18-7-6-17(22(23)12-18)15-28-16-21(27)14-25-8-10-26(11-9-25)20-5-3-4-19(24)13-20/h3-6,13,18,21-22,27H,7-12,14-16H2,1-2H3/p+1/t18-,21+,22-/m0/s1. The molecule has 0 radical (unpaired) electrons. The molecule has 1 aromatic carbocycles. The highest BCUT2D eigenvalue weighted by Crippen LogP contribution is 2.59. The second kappa shape index (κ2) is 8.35. The molecule has 154 valence electrons. The minimum absolute atomic E-state index is 0.390. The van der Waals surface area contributed by atoms with E-state index in [-0.39, 0.29) is 6.10 Å². The van der Waals surface area contributed by atoms with Gasteiger partial charge in [0.15, 0.2) is 0 Å². The Labute approximate surface area is 174 Å². The van der Waals surface area contributed by atoms with Crippen molar-refractivity contribution >= 4 is 17.3 Å². The maximum atomic E-state index is 10.4. The lowest BCUT2D eigenvalue weighted by Crippen LogP contribution is -3.16. The molecule has 1 aliphatic heterocycles. The van der Waals surface area contributed by atoms with Crippen LogP contribution in [0.15, 0.2) is 35.9 Å². The molecule has 2 bridgehead atoms. The first-order valence-electron chi connectivity index (χ1n) is 10.7. The maximum absolute atomic E-state index is 10.4. The lowest BCUT2D eigenvalue weighted by molar-refractivity contribution is -0.903. The van der Waals surface area contributed by atoms with Gasteiger partial charge in [-0.05, 0) is 53.9 Å². The number of anilines is 1. The second-order valence-corrected chi connectivity index (χ2v) is 9.85. The van der Waals surface area contributed by atoms with Crippen molar-refractivity contribution in [2.45, 2.75) is 32.8 Å². The van der Waals surface area contributed by atoms with Crippen LogP contribution in [0.3, 0.4) is 0 Å². The Kier molecular flexibility index (Phi) is 6.03. The molecule has 28 heavy (non-hydrogen) atoms. The minimum atomic E-state index is -0.390. The van der Waals surface area contributed by atoms with Gasteiger partial charge in [-0.2, -0.15) is 0 Å². The SMILES string of the molecule is CC1(C)[C@H]2CC=C(COC[C@H](O)C[NH+]3CCN(c4cccc(Cl)c4)CC3)[C@@H]1C2. The highest BCUT2D eigenvalue weighted by molar-refractivity contribution is 6.30. The van der Waals surface area contributed by atoms with Crippen molar-refractivity contribution in [1.29, 1.82) is 0 Å². The van der Waals surface area contributed by atoms with E-state index in [2.05, 4.69) is 30.9 Å². The smallest absolute Gasteiger partial charge is 0.126 e. The zero-order chi connectivity index (χ0) is 19.7. The van der Waals surface area contributed by atoms with E-state index in [4.69, 9.17) is 16.3 Å². The summed E-state index contributed by atoms with van der Waals surface area (Å²) in [6.45, 7) is 10.7. The number of hydrogen-bond donors (Lipinski definition) is 2. The Hall–Kier alpha value is -1.07. The molecule has 2 N–H and O–H groups in total. The summed E-state index contributed by atoms with van der Waals surface area (Å²) in [6.07, 6.45) is 4.52. The molecule has 0 unspecified atom stereocenters. The fourth-order valence-electron chi connectivity index (χ4n) is 5.30. The Morgan fingerprint density at radius 2 is 2.11 bits per heavy atom. The molecule has 0 amide bonds. The first kappa shape index (κ1) is 20.2. The van der Waals surface area contributed by atoms with Gasteiger partial charge in [-0.15, -0.1) is 0 Å². The molecule has 5 rings (SSSR count). The van der Waals surface area contributed by atoms with Gasteiger partial charge in [0.25, 0.3) is 0 Å². The number of halogens is 1. The third kappa shape index (κ3) is 4.25. The van der Waals surface area contributed by atoms with Gasteiger partial charge in [-0.25, -0.2) is 0 Å². The molecule has 4 aliphatic rings. The van der Waals surface area contributed by atoms with Crippen molar-refractivity contribution in [1.82, 2.24) is 0 Å². The molecule has 3 atom stereocenters. The van der Waals surface area contributed by atoms with Gasteiger partial charge in [0.1, 0.15) is 12.6 Å². The van der Waals surface area contributed by atoms with Gasteiger partial charge in [-0.3, -0.25) is 0 Å². The second-order valence-electron chi connectivity index (χ2n) is 9.41. The van der Waals surface area contributed by atoms with Crippen molar-refractivity contribution in [2.24, 2.45) is 17.3 Å². The zero-order valence-electron chi connectivity index (χ0n) is 17.2. The Balaban J connectivity index is 1.16. The van der Waals surface area contributed by atoms with Crippen molar-refractivity contribution in [2.75, 3.05) is 50.8 Å². The molecule has 1 saturated heterocycles. The summed E-state index contributed by atoms with van der Waals surface area (Å²) in [6, 6.07) is 8.06. The number of fused-ring (bicyclic) bond motifs is 1. The number of benzene rings is 1. The fraction of sp³-hybridized carbons (Fsp3) is 0.652. The van der Waals surface area contributed by atoms with E-state index in [0.29, 0.717) is 24.5 Å². The number of allylic oxidation sites excluding steroid dienone is 1. The maximum Gasteiger partial charge on any atom is 0.126 e. The molecule has 2 fully saturated rings. The van der Waals surface area contributed by atoms with Crippen molar-refractivity contribution in [3.63, 3.8) is 0 Å². The number of ether oxygens (including phenoxy) is 1. The van der Waals surface area contributed by atoms with Crippen LogP contribution in [0.2, 0.25) is 5.02 Å². The van der Waals surface area contributed by atoms with E-state index in [1.807, 2.05) is 18.2 Å². The van der Waals surface area contributed by atoms with Gasteiger partial charge in [0.2, 0.25) is 0 Å². The van der Waals surface area contributed by atoms with Crippen LogP contribution in [0.1, 0.15) is 26.7 Å². The summed E-state index contributed by atoms with van der Waals surface area (Å²) < 4.78 is 5.91. The van der Waals surface area contributed by atoms with Gasteiger partial charge in [0, 0.05) is 10.7 Å². The van der Waals surface area contributed by atoms with Crippen molar-refractivity contribution in [3.05, 3.63) is 40.9 Å². The average molecular weight is 406 g/mol. The van der Waals surface area contributed by atoms with Crippen LogP contribution < -0.4 is 9.80 Å². The molecule has 0 spiro atoms. The van der Waals surface area contributed by atoms with Crippen molar-refractivity contribution in [3.8, 4) is 0 Å².